The van der Waals surface area contributed by atoms with Crippen LogP contribution in [-0.4, -0.2) is 12.6 Å². The molecule has 0 saturated heterocycles. The second-order valence-corrected chi connectivity index (χ2v) is 17.5. The predicted octanol–water partition coefficient (Wildman–Crippen LogP) is 5.24. The number of hydrogen-bond acceptors (Lipinski definition) is 0. The van der Waals surface area contributed by atoms with Crippen LogP contribution in [0, 0.1) is 0 Å². The van der Waals surface area contributed by atoms with Gasteiger partial charge >= 0.3 is 26.2 Å². The van der Waals surface area contributed by atoms with E-state index in [9.17, 15) is 0 Å². The van der Waals surface area contributed by atoms with Crippen molar-refractivity contribution in [2.24, 2.45) is 0 Å². The zero-order valence-electron chi connectivity index (χ0n) is 26.9. The van der Waals surface area contributed by atoms with Gasteiger partial charge in [0.1, 0.15) is 0 Å². The third kappa shape index (κ3) is 6.59. The number of aryl methyl sites for hydroxylation is 1. The maximum absolute atomic E-state index is 2.51. The summed E-state index contributed by atoms with van der Waals surface area (Å²) >= 11 is 0. The molecule has 4 aromatic carbocycles. The van der Waals surface area contributed by atoms with Crippen molar-refractivity contribution in [3.63, 3.8) is 0 Å². The van der Waals surface area contributed by atoms with Crippen LogP contribution in [0.1, 0.15) is 80.8 Å². The molecular formula is C39H44Cl2NSiZr. The predicted molar refractivity (Wildman–Crippen MR) is 181 cm³/mol. The van der Waals surface area contributed by atoms with Gasteiger partial charge in [0.25, 0.3) is 0 Å². The van der Waals surface area contributed by atoms with Crippen molar-refractivity contribution in [1.29, 1.82) is 0 Å². The van der Waals surface area contributed by atoms with Crippen molar-refractivity contribution in [3.05, 3.63) is 125 Å². The zero-order chi connectivity index (χ0) is 28.7. The summed E-state index contributed by atoms with van der Waals surface area (Å²) in [7, 11) is -1.17. The average molecular weight is 717 g/mol. The summed E-state index contributed by atoms with van der Waals surface area (Å²) in [5, 5.41) is 4.46. The van der Waals surface area contributed by atoms with Gasteiger partial charge in [-0.15, -0.1) is 34.5 Å². The van der Waals surface area contributed by atoms with Gasteiger partial charge in [0.05, 0.1) is 8.07 Å². The molecule has 1 radical (unpaired) electrons. The molecule has 1 aliphatic carbocycles. The molecule has 3 heterocycles. The largest absolute Gasteiger partial charge is 3.00 e. The summed E-state index contributed by atoms with van der Waals surface area (Å²) in [6.07, 6.45) is 7.35. The monoisotopic (exact) mass is 714 g/mol. The summed E-state index contributed by atoms with van der Waals surface area (Å²) in [4.78, 5) is 0. The molecule has 227 valence electrons. The van der Waals surface area contributed by atoms with E-state index < -0.39 is 8.07 Å². The number of allylic oxidation sites excluding steroid dienone is 1. The van der Waals surface area contributed by atoms with Gasteiger partial charge in [0.15, 0.2) is 0 Å². The van der Waals surface area contributed by atoms with Crippen molar-refractivity contribution in [1.82, 2.24) is 4.57 Å². The number of nitrogens with zero attached hydrogens (tertiary/aromatic N) is 1. The van der Waals surface area contributed by atoms with Crippen LogP contribution >= 0.6 is 0 Å². The maximum Gasteiger partial charge on any atom is 3.00 e. The Morgan fingerprint density at radius 1 is 0.841 bits per heavy atom. The zero-order valence-corrected chi connectivity index (χ0v) is 31.9. The van der Waals surface area contributed by atoms with E-state index in [2.05, 4.69) is 143 Å². The second kappa shape index (κ2) is 15.0. The minimum absolute atomic E-state index is 0. The molecular weight excluding hydrogens is 673 g/mol. The van der Waals surface area contributed by atoms with E-state index in [1.54, 1.807) is 16.5 Å². The Labute approximate surface area is 297 Å². The van der Waals surface area contributed by atoms with Crippen molar-refractivity contribution in [2.75, 3.05) is 0 Å². The van der Waals surface area contributed by atoms with Crippen LogP contribution in [0.3, 0.4) is 0 Å². The SMILES string of the molecule is CC1=C2c3ccn(-c4ccccc4)c3C1[Si]2(C)C.CCCCCc1ccc(-c2cccc3[cH-]c(C(C)C)cc23)cc1.[Cl-].[Cl-].[Zr+3]. The first-order chi connectivity index (χ1) is 19.8. The van der Waals surface area contributed by atoms with Gasteiger partial charge in [-0.1, -0.05) is 112 Å². The fourth-order valence-corrected chi connectivity index (χ4v) is 11.7. The topological polar surface area (TPSA) is 4.93 Å². The van der Waals surface area contributed by atoms with Gasteiger partial charge in [-0.05, 0) is 60.6 Å². The van der Waals surface area contributed by atoms with Crippen LogP contribution in [0.25, 0.3) is 32.8 Å². The van der Waals surface area contributed by atoms with Crippen LogP contribution in [0.15, 0.2) is 103 Å². The molecule has 0 amide bonds. The molecule has 5 heteroatoms. The van der Waals surface area contributed by atoms with E-state index in [0.29, 0.717) is 5.92 Å². The first-order valence-corrected chi connectivity index (χ1v) is 18.7. The Morgan fingerprint density at radius 2 is 1.55 bits per heavy atom. The van der Waals surface area contributed by atoms with Crippen molar-refractivity contribution in [2.45, 2.75) is 77.9 Å². The molecule has 44 heavy (non-hydrogen) atoms. The molecule has 1 atom stereocenters. The van der Waals surface area contributed by atoms with Crippen LogP contribution in [-0.2, 0) is 32.6 Å². The van der Waals surface area contributed by atoms with E-state index in [0.717, 1.165) is 5.54 Å². The van der Waals surface area contributed by atoms with Crippen LogP contribution in [0.5, 0.6) is 0 Å². The summed E-state index contributed by atoms with van der Waals surface area (Å²) in [6.45, 7) is 14.1. The number of benzene rings is 3. The Morgan fingerprint density at radius 3 is 2.18 bits per heavy atom. The average Bonchev–Trinajstić information content (AvgIpc) is 3.71. The Bertz CT molecular complexity index is 1710. The standard InChI is InChI=1S/C23H27.C16H17NSi.2ClH.Zr/c1-4-5-6-8-18-11-13-19(14-12-18)22-10-7-9-20-15-21(17(2)3)16-23(20)22;1-11-15-13-9-10-17(12-7-5-4-6-8-12)14(13)16(11)18(15,2)3;;;/h7,9-17H,4-6,8H2,1-3H3;4-10,16H,1-3H3;2*1H;/q-1;;;;+3/p-2. The number of halogens is 2. The number of hydrogen-bond donors (Lipinski definition) is 0. The number of unbranched alkanes of at least 4 members (excludes halogenated alkanes) is 2. The minimum Gasteiger partial charge on any atom is -1.00 e. The van der Waals surface area contributed by atoms with Gasteiger partial charge in [-0.25, -0.2) is 0 Å². The van der Waals surface area contributed by atoms with E-state index in [1.165, 1.54) is 70.0 Å². The summed E-state index contributed by atoms with van der Waals surface area (Å²) in [5.74, 6) is 0.580. The molecule has 1 aromatic heterocycles. The number of fused-ring (bicyclic) bond motifs is 1. The molecule has 1 unspecified atom stereocenters. The van der Waals surface area contributed by atoms with Crippen molar-refractivity contribution < 1.29 is 51.0 Å². The number of rotatable bonds is 7. The number of para-hydroxylation sites is 1. The van der Waals surface area contributed by atoms with Crippen LogP contribution in [0.2, 0.25) is 13.1 Å². The van der Waals surface area contributed by atoms with Gasteiger partial charge in [-0.2, -0.15) is 6.07 Å². The van der Waals surface area contributed by atoms with E-state index in [4.69, 9.17) is 0 Å². The van der Waals surface area contributed by atoms with Crippen LogP contribution < -0.4 is 24.8 Å². The van der Waals surface area contributed by atoms with Gasteiger partial charge in [0, 0.05) is 23.1 Å². The summed E-state index contributed by atoms with van der Waals surface area (Å²) in [5.41, 5.74) is 12.4. The fraction of sp³-hybridized carbons (Fsp3) is 0.308. The first kappa shape index (κ1) is 36.4. The van der Waals surface area contributed by atoms with Gasteiger partial charge in [0.2, 0.25) is 0 Å². The summed E-state index contributed by atoms with van der Waals surface area (Å²) < 4.78 is 2.40. The summed E-state index contributed by atoms with van der Waals surface area (Å²) in [6, 6.07) is 33.6. The van der Waals surface area contributed by atoms with Crippen molar-refractivity contribution in [3.8, 4) is 16.8 Å². The molecule has 2 bridgehead atoms. The van der Waals surface area contributed by atoms with E-state index in [1.807, 2.05) is 0 Å². The normalized spacial score (nSPS) is 15.4. The fourth-order valence-electron chi connectivity index (χ4n) is 7.40. The Hall–Kier alpha value is -2.03. The molecule has 8 rings (SSSR count). The molecule has 0 N–H and O–H groups in total. The molecule has 0 fully saturated rings. The molecule has 3 aliphatic rings. The maximum atomic E-state index is 2.51. The Balaban J connectivity index is 0.000000230. The van der Waals surface area contributed by atoms with Crippen LogP contribution in [0.4, 0.5) is 0 Å². The third-order valence-electron chi connectivity index (χ3n) is 9.47. The Kier molecular flexibility index (Phi) is 12.5. The number of aromatic nitrogens is 1. The molecule has 2 aliphatic heterocycles. The molecule has 0 spiro atoms. The molecule has 0 saturated carbocycles. The van der Waals surface area contributed by atoms with Crippen molar-refractivity contribution >= 4 is 24.0 Å². The van der Waals surface area contributed by atoms with E-state index >= 15 is 0 Å². The first-order valence-electron chi connectivity index (χ1n) is 15.6. The second-order valence-electron chi connectivity index (χ2n) is 12.9. The third-order valence-corrected chi connectivity index (χ3v) is 13.6. The van der Waals surface area contributed by atoms with Gasteiger partial charge in [-0.3, -0.25) is 0 Å². The van der Waals surface area contributed by atoms with Gasteiger partial charge < -0.3 is 29.4 Å². The minimum atomic E-state index is -1.17. The molecule has 1 nitrogen and oxygen atoms in total. The quantitative estimate of drug-likeness (QED) is 0.124. The van der Waals surface area contributed by atoms with E-state index in [-0.39, 0.29) is 51.0 Å². The smallest absolute Gasteiger partial charge is 1.00 e. The molecule has 5 aromatic rings.